The average molecular weight is 220 g/mol. The van der Waals surface area contributed by atoms with Crippen LogP contribution in [-0.2, 0) is 4.79 Å². The number of aromatic carboxylic acids is 1. The Balaban J connectivity index is 3.06. The molecule has 0 aliphatic rings. The van der Waals surface area contributed by atoms with Gasteiger partial charge in [0.15, 0.2) is 0 Å². The largest absolute Gasteiger partial charge is 0.496 e. The number of hydrogen-bond donors (Lipinski definition) is 1. The molecular formula is C12H12O4. The fourth-order valence-electron chi connectivity index (χ4n) is 1.25. The molecule has 0 amide bonds. The average Bonchev–Trinajstić information content (AvgIpc) is 2.29. The summed E-state index contributed by atoms with van der Waals surface area (Å²) in [5, 5.41) is 8.82. The van der Waals surface area contributed by atoms with Gasteiger partial charge in [0.1, 0.15) is 12.0 Å². The van der Waals surface area contributed by atoms with E-state index in [9.17, 15) is 9.59 Å². The van der Waals surface area contributed by atoms with Crippen molar-refractivity contribution in [3.05, 3.63) is 35.4 Å². The van der Waals surface area contributed by atoms with E-state index >= 15 is 0 Å². The Hall–Kier alpha value is -2.10. The van der Waals surface area contributed by atoms with Crippen molar-refractivity contribution in [2.75, 3.05) is 7.11 Å². The highest BCUT2D eigenvalue weighted by molar-refractivity contribution is 5.89. The maximum absolute atomic E-state index is 10.8. The molecule has 84 valence electrons. The molecule has 0 radical (unpaired) electrons. The molecule has 0 aliphatic heterocycles. The number of carbonyl (C=O) groups is 2. The number of carbonyl (C=O) groups excluding carboxylic acids is 1. The minimum absolute atomic E-state index is 0.187. The maximum atomic E-state index is 10.8. The van der Waals surface area contributed by atoms with Gasteiger partial charge in [-0.15, -0.1) is 0 Å². The van der Waals surface area contributed by atoms with Gasteiger partial charge in [0, 0.05) is 12.0 Å². The van der Waals surface area contributed by atoms with E-state index in [1.807, 2.05) is 0 Å². The third-order valence-corrected chi connectivity index (χ3v) is 2.01. The summed E-state index contributed by atoms with van der Waals surface area (Å²) in [4.78, 5) is 20.9. The van der Waals surface area contributed by atoms with E-state index in [1.54, 1.807) is 18.2 Å². The van der Waals surface area contributed by atoms with E-state index in [4.69, 9.17) is 9.84 Å². The van der Waals surface area contributed by atoms with E-state index < -0.39 is 5.97 Å². The molecule has 1 rings (SSSR count). The van der Waals surface area contributed by atoms with E-state index in [0.29, 0.717) is 17.7 Å². The van der Waals surface area contributed by atoms with E-state index in [0.717, 1.165) is 6.29 Å². The van der Waals surface area contributed by atoms with Crippen LogP contribution in [0.3, 0.4) is 0 Å². The lowest BCUT2D eigenvalue weighted by Gasteiger charge is -2.05. The number of benzene rings is 1. The van der Waals surface area contributed by atoms with Crippen molar-refractivity contribution < 1.29 is 19.4 Å². The zero-order valence-electron chi connectivity index (χ0n) is 8.84. The van der Waals surface area contributed by atoms with Gasteiger partial charge in [-0.25, -0.2) is 4.79 Å². The second kappa shape index (κ2) is 5.70. The van der Waals surface area contributed by atoms with Gasteiger partial charge in [-0.05, 0) is 18.2 Å². The first-order valence-corrected chi connectivity index (χ1v) is 4.70. The highest BCUT2D eigenvalue weighted by Gasteiger charge is 2.06. The standard InChI is InChI=1S/C12H12O4/c1-16-11-6-5-10(12(14)15)8-9(11)4-2-3-7-13/h2,4-8H,3H2,1H3,(H,14,15). The van der Waals surface area contributed by atoms with Gasteiger partial charge in [0.2, 0.25) is 0 Å². The highest BCUT2D eigenvalue weighted by Crippen LogP contribution is 2.21. The second-order valence-electron chi connectivity index (χ2n) is 3.07. The summed E-state index contributed by atoms with van der Waals surface area (Å²) >= 11 is 0. The highest BCUT2D eigenvalue weighted by atomic mass is 16.5. The molecule has 1 N–H and O–H groups in total. The zero-order chi connectivity index (χ0) is 12.0. The molecule has 0 aromatic heterocycles. The van der Waals surface area contributed by atoms with E-state index in [1.165, 1.54) is 19.2 Å². The number of carboxylic acids is 1. The second-order valence-corrected chi connectivity index (χ2v) is 3.07. The van der Waals surface area contributed by atoms with Crippen LogP contribution in [-0.4, -0.2) is 24.5 Å². The summed E-state index contributed by atoms with van der Waals surface area (Å²) in [7, 11) is 1.51. The Bertz CT molecular complexity index is 421. The summed E-state index contributed by atoms with van der Waals surface area (Å²) < 4.78 is 5.08. The summed E-state index contributed by atoms with van der Waals surface area (Å²) in [6.45, 7) is 0. The van der Waals surface area contributed by atoms with E-state index in [-0.39, 0.29) is 5.56 Å². The molecule has 4 heteroatoms. The molecule has 0 saturated carbocycles. The lowest BCUT2D eigenvalue weighted by Crippen LogP contribution is -1.97. The number of carboxylic acid groups (broad SMARTS) is 1. The van der Waals surface area contributed by atoms with Gasteiger partial charge in [-0.3, -0.25) is 0 Å². The van der Waals surface area contributed by atoms with Crippen LogP contribution in [0.25, 0.3) is 6.08 Å². The molecule has 1 aromatic carbocycles. The third-order valence-electron chi connectivity index (χ3n) is 2.01. The molecule has 4 nitrogen and oxygen atoms in total. The first-order chi connectivity index (χ1) is 7.69. The van der Waals surface area contributed by atoms with Crippen molar-refractivity contribution in [3.63, 3.8) is 0 Å². The number of hydrogen-bond acceptors (Lipinski definition) is 3. The van der Waals surface area contributed by atoms with Crippen LogP contribution in [0.2, 0.25) is 0 Å². The predicted molar refractivity (Wildman–Crippen MR) is 59.7 cm³/mol. The summed E-state index contributed by atoms with van der Waals surface area (Å²) in [5.41, 5.74) is 0.829. The quantitative estimate of drug-likeness (QED) is 0.771. The minimum Gasteiger partial charge on any atom is -0.496 e. The van der Waals surface area contributed by atoms with Crippen LogP contribution in [0.4, 0.5) is 0 Å². The number of allylic oxidation sites excluding steroid dienone is 1. The van der Waals surface area contributed by atoms with Crippen molar-refractivity contribution in [3.8, 4) is 5.75 Å². The molecule has 0 saturated heterocycles. The normalized spacial score (nSPS) is 10.3. The first-order valence-electron chi connectivity index (χ1n) is 4.70. The van der Waals surface area contributed by atoms with Gasteiger partial charge >= 0.3 is 5.97 Å². The summed E-state index contributed by atoms with van der Waals surface area (Å²) in [6.07, 6.45) is 4.38. The molecule has 0 spiro atoms. The lowest BCUT2D eigenvalue weighted by molar-refractivity contribution is -0.107. The summed E-state index contributed by atoms with van der Waals surface area (Å²) in [6, 6.07) is 4.56. The number of aldehydes is 1. The summed E-state index contributed by atoms with van der Waals surface area (Å²) in [5.74, 6) is -0.417. The number of methoxy groups -OCH3 is 1. The number of ether oxygens (including phenoxy) is 1. The fourth-order valence-corrected chi connectivity index (χ4v) is 1.25. The van der Waals surface area contributed by atoms with E-state index in [2.05, 4.69) is 0 Å². The van der Waals surface area contributed by atoms with Gasteiger partial charge < -0.3 is 14.6 Å². The van der Waals surface area contributed by atoms with Crippen LogP contribution >= 0.6 is 0 Å². The Morgan fingerprint density at radius 1 is 1.50 bits per heavy atom. The van der Waals surface area contributed by atoms with Crippen molar-refractivity contribution in [1.82, 2.24) is 0 Å². The topological polar surface area (TPSA) is 63.6 Å². The van der Waals surface area contributed by atoms with Gasteiger partial charge in [-0.1, -0.05) is 12.2 Å². The van der Waals surface area contributed by atoms with Crippen LogP contribution in [0.15, 0.2) is 24.3 Å². The van der Waals surface area contributed by atoms with Crippen molar-refractivity contribution in [2.24, 2.45) is 0 Å². The Kier molecular flexibility index (Phi) is 4.27. The maximum Gasteiger partial charge on any atom is 0.335 e. The Morgan fingerprint density at radius 3 is 2.81 bits per heavy atom. The molecule has 0 bridgehead atoms. The zero-order valence-corrected chi connectivity index (χ0v) is 8.84. The molecular weight excluding hydrogens is 208 g/mol. The molecule has 0 atom stereocenters. The monoisotopic (exact) mass is 220 g/mol. The lowest BCUT2D eigenvalue weighted by atomic mass is 10.1. The number of rotatable bonds is 5. The third kappa shape index (κ3) is 2.95. The SMILES string of the molecule is COc1ccc(C(=O)O)cc1C=CCC=O. The smallest absolute Gasteiger partial charge is 0.335 e. The Morgan fingerprint density at radius 2 is 2.25 bits per heavy atom. The van der Waals surface area contributed by atoms with Gasteiger partial charge in [0.05, 0.1) is 12.7 Å². The van der Waals surface area contributed by atoms with Crippen molar-refractivity contribution in [2.45, 2.75) is 6.42 Å². The molecule has 16 heavy (non-hydrogen) atoms. The molecule has 0 unspecified atom stereocenters. The predicted octanol–water partition coefficient (Wildman–Crippen LogP) is 2.00. The van der Waals surface area contributed by atoms with Crippen LogP contribution < -0.4 is 4.74 Å². The van der Waals surface area contributed by atoms with Crippen LogP contribution in [0.1, 0.15) is 22.3 Å². The Labute approximate surface area is 93.2 Å². The molecule has 0 heterocycles. The molecule has 0 aliphatic carbocycles. The van der Waals surface area contributed by atoms with Crippen LogP contribution in [0.5, 0.6) is 5.75 Å². The molecule has 1 aromatic rings. The van der Waals surface area contributed by atoms with Crippen LogP contribution in [0, 0.1) is 0 Å². The van der Waals surface area contributed by atoms with Gasteiger partial charge in [-0.2, -0.15) is 0 Å². The van der Waals surface area contributed by atoms with Crippen molar-refractivity contribution >= 4 is 18.3 Å². The van der Waals surface area contributed by atoms with Gasteiger partial charge in [0.25, 0.3) is 0 Å². The minimum atomic E-state index is -0.993. The first kappa shape index (κ1) is 12.0. The van der Waals surface area contributed by atoms with Crippen molar-refractivity contribution in [1.29, 1.82) is 0 Å². The fraction of sp³-hybridized carbons (Fsp3) is 0.167. The molecule has 0 fully saturated rings.